The second kappa shape index (κ2) is 17.0. The summed E-state index contributed by atoms with van der Waals surface area (Å²) in [4.78, 5) is 52.6. The van der Waals surface area contributed by atoms with Crippen molar-refractivity contribution < 1.29 is 14.7 Å². The van der Waals surface area contributed by atoms with Crippen molar-refractivity contribution in [3.8, 4) is 5.88 Å². The van der Waals surface area contributed by atoms with Gasteiger partial charge in [-0.3, -0.25) is 29.3 Å². The molecule has 232 valence electrons. The van der Waals surface area contributed by atoms with E-state index in [0.717, 1.165) is 56.2 Å². The lowest BCUT2D eigenvalue weighted by Crippen LogP contribution is -2.48. The van der Waals surface area contributed by atoms with Crippen molar-refractivity contribution in [3.63, 3.8) is 0 Å². The van der Waals surface area contributed by atoms with Crippen LogP contribution in [0.2, 0.25) is 0 Å². The summed E-state index contributed by atoms with van der Waals surface area (Å²) in [5, 5.41) is 20.4. The van der Waals surface area contributed by atoms with Gasteiger partial charge in [0.2, 0.25) is 18.2 Å². The normalized spacial score (nSPS) is 19.5. The number of H-pyrrole nitrogens is 1. The molecule has 41 heavy (non-hydrogen) atoms. The largest absolute Gasteiger partial charge is 0.494 e. The van der Waals surface area contributed by atoms with Crippen LogP contribution in [0.15, 0.2) is 9.59 Å². The van der Waals surface area contributed by atoms with E-state index in [-0.39, 0.29) is 17.5 Å². The average Bonchev–Trinajstić information content (AvgIpc) is 3.44. The Balaban J connectivity index is 0.000000278. The van der Waals surface area contributed by atoms with Crippen LogP contribution in [0.25, 0.3) is 0 Å². The number of amides is 2. The Morgan fingerprint density at radius 2 is 1.71 bits per heavy atom. The average molecular weight is 578 g/mol. The number of hydrogen-bond acceptors (Lipinski definition) is 7. The van der Waals surface area contributed by atoms with Gasteiger partial charge in [-0.15, -0.1) is 0 Å². The lowest BCUT2D eigenvalue weighted by Gasteiger charge is -2.34. The molecule has 0 bridgehead atoms. The van der Waals surface area contributed by atoms with Gasteiger partial charge in [0.25, 0.3) is 5.56 Å². The van der Waals surface area contributed by atoms with Gasteiger partial charge in [-0.05, 0) is 56.5 Å². The van der Waals surface area contributed by atoms with Gasteiger partial charge >= 0.3 is 5.69 Å². The summed E-state index contributed by atoms with van der Waals surface area (Å²) in [5.41, 5.74) is 3.36. The van der Waals surface area contributed by atoms with Gasteiger partial charge in [0.15, 0.2) is 0 Å². The maximum absolute atomic E-state index is 12.6. The zero-order chi connectivity index (χ0) is 30.5. The van der Waals surface area contributed by atoms with E-state index in [1.54, 1.807) is 23.9 Å². The van der Waals surface area contributed by atoms with Crippen LogP contribution in [0.5, 0.6) is 5.88 Å². The zero-order valence-electron chi connectivity index (χ0n) is 25.3. The molecular weight excluding hydrogens is 526 g/mol. The van der Waals surface area contributed by atoms with Crippen molar-refractivity contribution in [2.75, 3.05) is 33.7 Å². The molecule has 2 saturated carbocycles. The van der Waals surface area contributed by atoms with Crippen molar-refractivity contribution in [1.82, 2.24) is 24.7 Å². The number of nitrogen functional groups attached to an aromatic ring is 1. The van der Waals surface area contributed by atoms with Gasteiger partial charge in [-0.1, -0.05) is 52.4 Å². The minimum Gasteiger partial charge on any atom is -0.494 e. The molecule has 4 rings (SSSR count). The molecule has 0 aromatic carbocycles. The molecule has 1 aliphatic heterocycles. The second-order valence-corrected chi connectivity index (χ2v) is 11.4. The van der Waals surface area contributed by atoms with E-state index < -0.39 is 23.0 Å². The molecule has 1 aromatic heterocycles. The molecule has 3 aliphatic rings. The number of amidine groups is 1. The van der Waals surface area contributed by atoms with Crippen LogP contribution in [0.4, 0.5) is 0 Å². The molecule has 2 amide bonds. The second-order valence-electron chi connectivity index (χ2n) is 11.4. The lowest BCUT2D eigenvalue weighted by atomic mass is 9.84. The Labute approximate surface area is 243 Å². The maximum atomic E-state index is 12.6. The standard InChI is InChI=1S/C17H31N3O2.C10H14N4O3.C2H6/c1-19(2)17(22)16(10-14-6-4-3-5-7-14)20(13-21)12-15-8-9-18-11-15;11-7(12)6-8(15)13-10(17)14(9(6)16)4-5-2-1-3-5;1-2/h13-16,18H,3-12H2,1-2H3;5,16H,1-4H2,(H3,11,12)(H,13,15,17);1-2H3. The summed E-state index contributed by atoms with van der Waals surface area (Å²) in [7, 11) is 3.58. The van der Waals surface area contributed by atoms with Crippen molar-refractivity contribution in [2.24, 2.45) is 23.5 Å². The van der Waals surface area contributed by atoms with Crippen molar-refractivity contribution in [3.05, 3.63) is 26.4 Å². The van der Waals surface area contributed by atoms with E-state index in [0.29, 0.717) is 30.8 Å². The Morgan fingerprint density at radius 1 is 1.07 bits per heavy atom. The number of carbonyl (C=O) groups excluding carboxylic acids is 2. The minimum absolute atomic E-state index is 0.0728. The van der Waals surface area contributed by atoms with Gasteiger partial charge < -0.3 is 26.0 Å². The molecule has 2 atom stereocenters. The number of likely N-dealkylation sites (N-methyl/N-ethyl adjacent to an activating group) is 1. The quantitative estimate of drug-likeness (QED) is 0.160. The van der Waals surface area contributed by atoms with Gasteiger partial charge in [-0.25, -0.2) is 4.79 Å². The zero-order valence-corrected chi connectivity index (χ0v) is 25.3. The van der Waals surface area contributed by atoms with Crippen LogP contribution in [0.1, 0.15) is 83.6 Å². The van der Waals surface area contributed by atoms with Crippen LogP contribution < -0.4 is 22.3 Å². The van der Waals surface area contributed by atoms with Crippen LogP contribution in [0, 0.1) is 23.2 Å². The minimum atomic E-state index is -0.829. The molecule has 0 radical (unpaired) electrons. The third-order valence-electron chi connectivity index (χ3n) is 8.28. The van der Waals surface area contributed by atoms with E-state index in [1.807, 2.05) is 13.8 Å². The van der Waals surface area contributed by atoms with Gasteiger partial charge in [0, 0.05) is 27.2 Å². The monoisotopic (exact) mass is 577 g/mol. The summed E-state index contributed by atoms with van der Waals surface area (Å²) in [6.07, 6.45) is 12.2. The highest BCUT2D eigenvalue weighted by Crippen LogP contribution is 2.30. The third-order valence-corrected chi connectivity index (χ3v) is 8.28. The Hall–Kier alpha value is -3.15. The fourth-order valence-corrected chi connectivity index (χ4v) is 5.73. The van der Waals surface area contributed by atoms with Crippen LogP contribution in [-0.4, -0.2) is 82.4 Å². The van der Waals surface area contributed by atoms with Gasteiger partial charge in [0.05, 0.1) is 0 Å². The Morgan fingerprint density at radius 3 is 2.20 bits per heavy atom. The highest BCUT2D eigenvalue weighted by molar-refractivity contribution is 5.96. The third kappa shape index (κ3) is 9.72. The van der Waals surface area contributed by atoms with Crippen LogP contribution in [-0.2, 0) is 16.1 Å². The molecule has 6 N–H and O–H groups in total. The summed E-state index contributed by atoms with van der Waals surface area (Å²) < 4.78 is 1.07. The summed E-state index contributed by atoms with van der Waals surface area (Å²) >= 11 is 0. The number of aromatic hydroxyl groups is 1. The van der Waals surface area contributed by atoms with E-state index in [1.165, 1.54) is 32.1 Å². The number of nitrogens with zero attached hydrogens (tertiary/aromatic N) is 3. The topological polar surface area (TPSA) is 178 Å². The van der Waals surface area contributed by atoms with Crippen LogP contribution >= 0.6 is 0 Å². The SMILES string of the molecule is CC.CN(C)C(=O)C(CC1CCCCC1)N(C=O)CC1CCNC1.N=C(N)c1c(O)n(CC2CCC2)c(=O)[nH]c1=O. The predicted octanol–water partition coefficient (Wildman–Crippen LogP) is 1.83. The van der Waals surface area contributed by atoms with E-state index in [4.69, 9.17) is 11.1 Å². The molecule has 2 aliphatic carbocycles. The lowest BCUT2D eigenvalue weighted by molar-refractivity contribution is -0.140. The number of aromatic nitrogens is 2. The summed E-state index contributed by atoms with van der Waals surface area (Å²) in [6.45, 7) is 7.03. The Kier molecular flexibility index (Phi) is 14.1. The van der Waals surface area contributed by atoms with Crippen LogP contribution in [0.3, 0.4) is 0 Å². The number of rotatable bonds is 10. The number of aromatic amines is 1. The highest BCUT2D eigenvalue weighted by Gasteiger charge is 2.32. The van der Waals surface area contributed by atoms with Crippen molar-refractivity contribution in [1.29, 1.82) is 5.41 Å². The number of hydrogen-bond donors (Lipinski definition) is 5. The first-order chi connectivity index (χ1) is 19.6. The van der Waals surface area contributed by atoms with E-state index >= 15 is 0 Å². The molecule has 1 saturated heterocycles. The number of nitrogens with two attached hydrogens (primary N) is 1. The van der Waals surface area contributed by atoms with E-state index in [9.17, 15) is 24.3 Å². The van der Waals surface area contributed by atoms with E-state index in [2.05, 4.69) is 10.3 Å². The smallest absolute Gasteiger partial charge is 0.331 e. The van der Waals surface area contributed by atoms with Crippen molar-refractivity contribution >= 4 is 18.2 Å². The fraction of sp³-hybridized carbons (Fsp3) is 0.759. The molecule has 3 fully saturated rings. The van der Waals surface area contributed by atoms with Gasteiger partial charge in [0.1, 0.15) is 17.4 Å². The molecule has 0 spiro atoms. The predicted molar refractivity (Wildman–Crippen MR) is 160 cm³/mol. The van der Waals surface area contributed by atoms with Crippen molar-refractivity contribution in [2.45, 2.75) is 90.6 Å². The molecule has 2 unspecified atom stereocenters. The first-order valence-electron chi connectivity index (χ1n) is 15.2. The molecule has 2 heterocycles. The highest BCUT2D eigenvalue weighted by atomic mass is 16.3. The molecular formula is C29H51N7O5. The fourth-order valence-electron chi connectivity index (χ4n) is 5.73. The first kappa shape index (κ1) is 34.1. The van der Waals surface area contributed by atoms with Gasteiger partial charge in [-0.2, -0.15) is 0 Å². The first-order valence-corrected chi connectivity index (χ1v) is 15.2. The number of carbonyl (C=O) groups is 2. The summed E-state index contributed by atoms with van der Waals surface area (Å²) in [5.74, 6) is 0.415. The Bertz CT molecular complexity index is 1100. The molecule has 12 nitrogen and oxygen atoms in total. The molecule has 1 aromatic rings. The maximum Gasteiger partial charge on any atom is 0.331 e. The molecule has 12 heteroatoms. The summed E-state index contributed by atoms with van der Waals surface area (Å²) in [6, 6.07) is -0.281. The number of nitrogens with one attached hydrogen (secondary N) is 3.